The zero-order valence-corrected chi connectivity index (χ0v) is 15.8. The number of nitrogens with one attached hydrogen (secondary N) is 1. The Bertz CT molecular complexity index is 909. The van der Waals surface area contributed by atoms with Crippen LogP contribution in [-0.4, -0.2) is 18.2 Å². The molecule has 0 radical (unpaired) electrons. The van der Waals surface area contributed by atoms with Gasteiger partial charge in [0.1, 0.15) is 6.54 Å². The Morgan fingerprint density at radius 3 is 2.67 bits per heavy atom. The maximum atomic E-state index is 12.6. The van der Waals surface area contributed by atoms with Crippen LogP contribution in [-0.2, 0) is 11.2 Å². The standard InChI is InChI=1S/C23H24N2O2/c1-15(2)12-21(23(27)25-11-10-24)18-5-3-4-16(13-18)17-6-8-20-19(14-17)7-9-22(20)26/h3-6,8,13-15,21H,7,9,11-12H2,1-2H3,(H,25,27). The molecular formula is C23H24N2O2. The lowest BCUT2D eigenvalue weighted by Crippen LogP contribution is -2.30. The molecular weight excluding hydrogens is 336 g/mol. The Kier molecular flexibility index (Phi) is 5.71. The average molecular weight is 360 g/mol. The summed E-state index contributed by atoms with van der Waals surface area (Å²) >= 11 is 0. The minimum Gasteiger partial charge on any atom is -0.342 e. The zero-order chi connectivity index (χ0) is 19.4. The summed E-state index contributed by atoms with van der Waals surface area (Å²) in [5.41, 5.74) is 4.99. The van der Waals surface area contributed by atoms with Gasteiger partial charge in [-0.15, -0.1) is 0 Å². The summed E-state index contributed by atoms with van der Waals surface area (Å²) in [7, 11) is 0. The molecule has 0 spiro atoms. The molecule has 1 N–H and O–H groups in total. The van der Waals surface area contributed by atoms with E-state index in [9.17, 15) is 9.59 Å². The van der Waals surface area contributed by atoms with Crippen LogP contribution in [0.15, 0.2) is 42.5 Å². The molecule has 1 unspecified atom stereocenters. The molecule has 1 amide bonds. The molecule has 0 aliphatic heterocycles. The molecule has 1 aliphatic carbocycles. The number of ketones is 1. The van der Waals surface area contributed by atoms with Gasteiger partial charge < -0.3 is 5.32 Å². The van der Waals surface area contributed by atoms with Gasteiger partial charge >= 0.3 is 0 Å². The lowest BCUT2D eigenvalue weighted by molar-refractivity contribution is -0.122. The van der Waals surface area contributed by atoms with E-state index in [4.69, 9.17) is 5.26 Å². The van der Waals surface area contributed by atoms with E-state index < -0.39 is 0 Å². The lowest BCUT2D eigenvalue weighted by atomic mass is 9.87. The van der Waals surface area contributed by atoms with E-state index in [2.05, 4.69) is 31.3 Å². The van der Waals surface area contributed by atoms with E-state index in [-0.39, 0.29) is 24.2 Å². The minimum atomic E-state index is -0.283. The Morgan fingerprint density at radius 1 is 1.15 bits per heavy atom. The molecule has 0 aromatic heterocycles. The van der Waals surface area contributed by atoms with Crippen LogP contribution >= 0.6 is 0 Å². The number of hydrogen-bond acceptors (Lipinski definition) is 3. The molecule has 0 bridgehead atoms. The molecule has 0 saturated heterocycles. The highest BCUT2D eigenvalue weighted by Gasteiger charge is 2.23. The topological polar surface area (TPSA) is 70.0 Å². The number of Topliss-reactive ketones (excluding diaryl/α,β-unsaturated/α-hetero) is 1. The summed E-state index contributed by atoms with van der Waals surface area (Å²) < 4.78 is 0. The summed E-state index contributed by atoms with van der Waals surface area (Å²) in [4.78, 5) is 24.4. The number of benzene rings is 2. The van der Waals surface area contributed by atoms with Crippen molar-refractivity contribution in [2.75, 3.05) is 6.54 Å². The average Bonchev–Trinajstić information content (AvgIpc) is 3.04. The van der Waals surface area contributed by atoms with E-state index in [1.807, 2.05) is 36.4 Å². The first kappa shape index (κ1) is 18.8. The number of carbonyl (C=O) groups is 2. The molecule has 2 aromatic carbocycles. The SMILES string of the molecule is CC(C)CC(C(=O)NCC#N)c1cccc(-c2ccc3c(c2)CCC3=O)c1. The Labute approximate surface area is 160 Å². The maximum Gasteiger partial charge on any atom is 0.228 e. The molecule has 0 saturated carbocycles. The molecule has 0 heterocycles. The van der Waals surface area contributed by atoms with E-state index in [1.54, 1.807) is 0 Å². The number of rotatable bonds is 6. The third kappa shape index (κ3) is 4.25. The second kappa shape index (κ2) is 8.18. The first-order valence-electron chi connectivity index (χ1n) is 9.40. The number of nitriles is 1. The van der Waals surface area contributed by atoms with E-state index in [1.165, 1.54) is 0 Å². The fourth-order valence-corrected chi connectivity index (χ4v) is 3.69. The first-order chi connectivity index (χ1) is 13.0. The molecule has 138 valence electrons. The van der Waals surface area contributed by atoms with Crippen LogP contribution in [0.2, 0.25) is 0 Å². The molecule has 27 heavy (non-hydrogen) atoms. The summed E-state index contributed by atoms with van der Waals surface area (Å²) in [6.45, 7) is 4.20. The third-order valence-electron chi connectivity index (χ3n) is 5.01. The second-order valence-corrected chi connectivity index (χ2v) is 7.48. The Balaban J connectivity index is 1.92. The van der Waals surface area contributed by atoms with Gasteiger partial charge in [-0.3, -0.25) is 9.59 Å². The number of nitrogens with zero attached hydrogens (tertiary/aromatic N) is 1. The summed E-state index contributed by atoms with van der Waals surface area (Å²) in [5.74, 6) is 0.185. The highest BCUT2D eigenvalue weighted by atomic mass is 16.1. The van der Waals surface area contributed by atoms with Crippen molar-refractivity contribution in [3.63, 3.8) is 0 Å². The van der Waals surface area contributed by atoms with Crippen LogP contribution in [0.25, 0.3) is 11.1 Å². The van der Waals surface area contributed by atoms with Crippen LogP contribution in [0.3, 0.4) is 0 Å². The first-order valence-corrected chi connectivity index (χ1v) is 9.40. The largest absolute Gasteiger partial charge is 0.342 e. The van der Waals surface area contributed by atoms with Crippen LogP contribution in [0.4, 0.5) is 0 Å². The van der Waals surface area contributed by atoms with Crippen LogP contribution in [0.1, 0.15) is 54.1 Å². The van der Waals surface area contributed by atoms with Gasteiger partial charge in [0.05, 0.1) is 12.0 Å². The van der Waals surface area contributed by atoms with Gasteiger partial charge in [0.2, 0.25) is 5.91 Å². The van der Waals surface area contributed by atoms with Gasteiger partial charge in [-0.2, -0.15) is 5.26 Å². The highest BCUT2D eigenvalue weighted by Crippen LogP contribution is 2.31. The lowest BCUT2D eigenvalue weighted by Gasteiger charge is -2.19. The zero-order valence-electron chi connectivity index (χ0n) is 15.8. The van der Waals surface area contributed by atoms with Crippen molar-refractivity contribution in [3.05, 3.63) is 59.2 Å². The van der Waals surface area contributed by atoms with Crippen molar-refractivity contribution in [1.82, 2.24) is 5.32 Å². The Hall–Kier alpha value is -2.93. The molecule has 2 aromatic rings. The monoisotopic (exact) mass is 360 g/mol. The van der Waals surface area contributed by atoms with E-state index in [0.717, 1.165) is 40.7 Å². The van der Waals surface area contributed by atoms with Crippen LogP contribution < -0.4 is 5.32 Å². The van der Waals surface area contributed by atoms with Gasteiger partial charge in [0.25, 0.3) is 0 Å². The van der Waals surface area contributed by atoms with Crippen molar-refractivity contribution < 1.29 is 9.59 Å². The van der Waals surface area contributed by atoms with Gasteiger partial charge in [-0.25, -0.2) is 0 Å². The van der Waals surface area contributed by atoms with Gasteiger partial charge in [-0.05, 0) is 41.0 Å². The number of aryl methyl sites for hydroxylation is 1. The van der Waals surface area contributed by atoms with E-state index >= 15 is 0 Å². The fourth-order valence-electron chi connectivity index (χ4n) is 3.69. The quantitative estimate of drug-likeness (QED) is 0.783. The summed E-state index contributed by atoms with van der Waals surface area (Å²) in [6.07, 6.45) is 2.11. The molecule has 4 heteroatoms. The van der Waals surface area contributed by atoms with Gasteiger partial charge in [-0.1, -0.05) is 56.3 Å². The van der Waals surface area contributed by atoms with Crippen LogP contribution in [0, 0.1) is 17.2 Å². The van der Waals surface area contributed by atoms with Gasteiger partial charge in [0, 0.05) is 12.0 Å². The maximum absolute atomic E-state index is 12.6. The molecule has 1 aliphatic rings. The predicted molar refractivity (Wildman–Crippen MR) is 105 cm³/mol. The highest BCUT2D eigenvalue weighted by molar-refractivity contribution is 6.01. The normalized spacial score (nSPS) is 13.9. The molecule has 1 atom stereocenters. The Morgan fingerprint density at radius 2 is 1.93 bits per heavy atom. The van der Waals surface area contributed by atoms with Crippen LogP contribution in [0.5, 0.6) is 0 Å². The number of hydrogen-bond donors (Lipinski definition) is 1. The van der Waals surface area contributed by atoms with Gasteiger partial charge in [0.15, 0.2) is 5.78 Å². The van der Waals surface area contributed by atoms with Crippen molar-refractivity contribution >= 4 is 11.7 Å². The predicted octanol–water partition coefficient (Wildman–Crippen LogP) is 4.25. The smallest absolute Gasteiger partial charge is 0.228 e. The number of carbonyl (C=O) groups excluding carboxylic acids is 2. The number of amides is 1. The molecule has 3 rings (SSSR count). The third-order valence-corrected chi connectivity index (χ3v) is 5.01. The minimum absolute atomic E-state index is 0.0198. The van der Waals surface area contributed by atoms with Crippen molar-refractivity contribution in [2.45, 2.75) is 39.0 Å². The molecule has 4 nitrogen and oxygen atoms in total. The summed E-state index contributed by atoms with van der Waals surface area (Å²) in [5, 5.41) is 11.4. The van der Waals surface area contributed by atoms with Crippen molar-refractivity contribution in [2.24, 2.45) is 5.92 Å². The summed E-state index contributed by atoms with van der Waals surface area (Å²) in [6, 6.07) is 16.0. The molecule has 0 fully saturated rings. The van der Waals surface area contributed by atoms with E-state index in [0.29, 0.717) is 12.3 Å². The number of fused-ring (bicyclic) bond motifs is 1. The van der Waals surface area contributed by atoms with Crippen molar-refractivity contribution in [3.8, 4) is 17.2 Å². The fraction of sp³-hybridized carbons (Fsp3) is 0.348. The second-order valence-electron chi connectivity index (χ2n) is 7.48. The van der Waals surface area contributed by atoms with Crippen molar-refractivity contribution in [1.29, 1.82) is 5.26 Å².